The van der Waals surface area contributed by atoms with Crippen molar-refractivity contribution in [2.24, 2.45) is 0 Å². The number of hydrogen-bond acceptors (Lipinski definition) is 7. The van der Waals surface area contributed by atoms with Crippen LogP contribution in [-0.2, 0) is 15.1 Å². The second-order valence-corrected chi connectivity index (χ2v) is 7.94. The Hall–Kier alpha value is -2.45. The molecule has 2 aliphatic heterocycles. The van der Waals surface area contributed by atoms with Crippen molar-refractivity contribution < 1.29 is 14.1 Å². The van der Waals surface area contributed by atoms with E-state index in [9.17, 15) is 4.79 Å². The van der Waals surface area contributed by atoms with E-state index in [2.05, 4.69) is 37.8 Å². The Balaban J connectivity index is 1.40. The van der Waals surface area contributed by atoms with Crippen LogP contribution in [0.1, 0.15) is 43.0 Å². The monoisotopic (exact) mass is 399 g/mol. The van der Waals surface area contributed by atoms with Gasteiger partial charge in [0.1, 0.15) is 5.54 Å². The molecular weight excluding hydrogens is 370 g/mol. The van der Waals surface area contributed by atoms with Crippen molar-refractivity contribution in [1.82, 2.24) is 15.5 Å². The minimum atomic E-state index is -0.522. The van der Waals surface area contributed by atoms with Gasteiger partial charge in [-0.15, -0.1) is 0 Å². The number of carbonyl (C=O) groups excluding carboxylic acids is 1. The SMILES string of the molecule is Cc1noc(C2(NCC(=O)Nc3ccc(N4CCCC4)cc3C)CCOCC2)n1. The summed E-state index contributed by atoms with van der Waals surface area (Å²) in [5.41, 5.74) is 2.61. The predicted octanol–water partition coefficient (Wildman–Crippen LogP) is 2.52. The smallest absolute Gasteiger partial charge is 0.247 e. The summed E-state index contributed by atoms with van der Waals surface area (Å²) in [5.74, 6) is 1.02. The number of benzene rings is 1. The lowest BCUT2D eigenvalue weighted by atomic mass is 9.89. The molecule has 8 nitrogen and oxygen atoms in total. The summed E-state index contributed by atoms with van der Waals surface area (Å²) in [6, 6.07) is 6.23. The molecule has 2 fully saturated rings. The van der Waals surface area contributed by atoms with Crippen LogP contribution in [0.5, 0.6) is 0 Å². The highest BCUT2D eigenvalue weighted by Crippen LogP contribution is 2.31. The van der Waals surface area contributed by atoms with Crippen LogP contribution in [0.25, 0.3) is 0 Å². The molecular formula is C21H29N5O3. The van der Waals surface area contributed by atoms with Crippen LogP contribution in [0.3, 0.4) is 0 Å². The Morgan fingerprint density at radius 2 is 1.97 bits per heavy atom. The van der Waals surface area contributed by atoms with E-state index in [4.69, 9.17) is 9.26 Å². The highest BCUT2D eigenvalue weighted by atomic mass is 16.5. The summed E-state index contributed by atoms with van der Waals surface area (Å²) in [4.78, 5) is 19.4. The number of nitrogens with zero attached hydrogens (tertiary/aromatic N) is 3. The maximum Gasteiger partial charge on any atom is 0.247 e. The third-order valence-corrected chi connectivity index (χ3v) is 5.83. The summed E-state index contributed by atoms with van der Waals surface area (Å²) in [5, 5.41) is 10.3. The molecule has 0 aliphatic carbocycles. The van der Waals surface area contributed by atoms with Crippen LogP contribution in [-0.4, -0.2) is 48.9 Å². The van der Waals surface area contributed by atoms with Gasteiger partial charge in [-0.25, -0.2) is 0 Å². The molecule has 2 aliphatic rings. The molecule has 2 aromatic rings. The number of ether oxygens (including phenoxy) is 1. The fourth-order valence-electron chi connectivity index (χ4n) is 4.08. The van der Waals surface area contributed by atoms with Crippen molar-refractivity contribution in [3.63, 3.8) is 0 Å². The molecule has 0 spiro atoms. The Labute approximate surface area is 171 Å². The number of aryl methyl sites for hydroxylation is 2. The van der Waals surface area contributed by atoms with E-state index in [0.29, 0.717) is 37.8 Å². The van der Waals surface area contributed by atoms with E-state index in [1.807, 2.05) is 13.0 Å². The third kappa shape index (κ3) is 4.43. The van der Waals surface area contributed by atoms with Gasteiger partial charge in [0.2, 0.25) is 11.8 Å². The largest absolute Gasteiger partial charge is 0.381 e. The first-order valence-electron chi connectivity index (χ1n) is 10.3. The normalized spacial score (nSPS) is 18.8. The van der Waals surface area contributed by atoms with Crippen molar-refractivity contribution in [1.29, 1.82) is 0 Å². The quantitative estimate of drug-likeness (QED) is 0.771. The molecule has 1 aromatic heterocycles. The van der Waals surface area contributed by atoms with Gasteiger partial charge in [-0.05, 0) is 63.3 Å². The van der Waals surface area contributed by atoms with Gasteiger partial charge < -0.3 is 19.5 Å². The second kappa shape index (κ2) is 8.51. The molecule has 156 valence electrons. The van der Waals surface area contributed by atoms with Gasteiger partial charge in [0.05, 0.1) is 6.54 Å². The maximum absolute atomic E-state index is 12.6. The van der Waals surface area contributed by atoms with Gasteiger partial charge in [0.25, 0.3) is 0 Å². The first-order valence-corrected chi connectivity index (χ1v) is 10.3. The molecule has 0 unspecified atom stereocenters. The second-order valence-electron chi connectivity index (χ2n) is 7.94. The van der Waals surface area contributed by atoms with Crippen molar-refractivity contribution in [2.45, 2.75) is 45.1 Å². The minimum Gasteiger partial charge on any atom is -0.381 e. The lowest BCUT2D eigenvalue weighted by Crippen LogP contribution is -2.49. The van der Waals surface area contributed by atoms with E-state index in [1.54, 1.807) is 6.92 Å². The van der Waals surface area contributed by atoms with Gasteiger partial charge in [-0.2, -0.15) is 4.98 Å². The number of carbonyl (C=O) groups is 1. The number of amides is 1. The number of hydrogen-bond donors (Lipinski definition) is 2. The number of aromatic nitrogens is 2. The summed E-state index contributed by atoms with van der Waals surface area (Å²) in [6.45, 7) is 7.38. The Morgan fingerprint density at radius 3 is 2.62 bits per heavy atom. The molecule has 4 rings (SSSR count). The standard InChI is InChI=1S/C21H29N5O3/c1-15-13-17(26-9-3-4-10-26)5-6-18(15)24-19(27)14-22-21(7-11-28-12-8-21)20-23-16(2)25-29-20/h5-6,13,22H,3-4,7-12,14H2,1-2H3,(H,24,27). The van der Waals surface area contributed by atoms with Crippen LogP contribution >= 0.6 is 0 Å². The van der Waals surface area contributed by atoms with Gasteiger partial charge in [0, 0.05) is 37.7 Å². The number of nitrogens with one attached hydrogen (secondary N) is 2. The lowest BCUT2D eigenvalue weighted by Gasteiger charge is -2.34. The molecule has 1 aromatic carbocycles. The van der Waals surface area contributed by atoms with Crippen LogP contribution in [0.2, 0.25) is 0 Å². The van der Waals surface area contributed by atoms with Crippen molar-refractivity contribution in [3.05, 3.63) is 35.5 Å². The average molecular weight is 399 g/mol. The van der Waals surface area contributed by atoms with Crippen molar-refractivity contribution in [3.8, 4) is 0 Å². The highest BCUT2D eigenvalue weighted by molar-refractivity contribution is 5.93. The zero-order chi connectivity index (χ0) is 20.3. The van der Waals surface area contributed by atoms with Gasteiger partial charge in [-0.3, -0.25) is 10.1 Å². The first kappa shape index (κ1) is 19.8. The van der Waals surface area contributed by atoms with Gasteiger partial charge in [-0.1, -0.05) is 5.16 Å². The average Bonchev–Trinajstić information content (AvgIpc) is 3.41. The predicted molar refractivity (Wildman–Crippen MR) is 110 cm³/mol. The zero-order valence-electron chi connectivity index (χ0n) is 17.2. The Morgan fingerprint density at radius 1 is 1.21 bits per heavy atom. The van der Waals surface area contributed by atoms with Crippen LogP contribution < -0.4 is 15.5 Å². The molecule has 0 radical (unpaired) electrons. The lowest BCUT2D eigenvalue weighted by molar-refractivity contribution is -0.116. The molecule has 3 heterocycles. The summed E-state index contributed by atoms with van der Waals surface area (Å²) in [7, 11) is 0. The summed E-state index contributed by atoms with van der Waals surface area (Å²) in [6.07, 6.45) is 3.86. The summed E-state index contributed by atoms with van der Waals surface area (Å²) >= 11 is 0. The van der Waals surface area contributed by atoms with E-state index in [0.717, 1.165) is 24.3 Å². The fourth-order valence-corrected chi connectivity index (χ4v) is 4.08. The van der Waals surface area contributed by atoms with Crippen LogP contribution in [0, 0.1) is 13.8 Å². The van der Waals surface area contributed by atoms with Crippen molar-refractivity contribution in [2.75, 3.05) is 43.1 Å². The molecule has 1 amide bonds. The molecule has 2 N–H and O–H groups in total. The van der Waals surface area contributed by atoms with Crippen LogP contribution in [0.15, 0.2) is 22.7 Å². The molecule has 0 atom stereocenters. The van der Waals surface area contributed by atoms with Gasteiger partial charge >= 0.3 is 0 Å². The van der Waals surface area contributed by atoms with Crippen LogP contribution in [0.4, 0.5) is 11.4 Å². The number of rotatable bonds is 6. The fraction of sp³-hybridized carbons (Fsp3) is 0.571. The molecule has 0 bridgehead atoms. The maximum atomic E-state index is 12.6. The highest BCUT2D eigenvalue weighted by Gasteiger charge is 2.39. The Bertz CT molecular complexity index is 854. The first-order chi connectivity index (χ1) is 14.1. The van der Waals surface area contributed by atoms with E-state index >= 15 is 0 Å². The molecule has 8 heteroatoms. The molecule has 29 heavy (non-hydrogen) atoms. The van der Waals surface area contributed by atoms with E-state index < -0.39 is 5.54 Å². The molecule has 2 saturated heterocycles. The molecule has 0 saturated carbocycles. The third-order valence-electron chi connectivity index (χ3n) is 5.83. The summed E-state index contributed by atoms with van der Waals surface area (Å²) < 4.78 is 10.9. The Kier molecular flexibility index (Phi) is 5.82. The van der Waals surface area contributed by atoms with E-state index in [1.165, 1.54) is 18.5 Å². The van der Waals surface area contributed by atoms with Gasteiger partial charge in [0.15, 0.2) is 5.82 Å². The zero-order valence-corrected chi connectivity index (χ0v) is 17.2. The minimum absolute atomic E-state index is 0.0934. The van der Waals surface area contributed by atoms with E-state index in [-0.39, 0.29) is 12.5 Å². The topological polar surface area (TPSA) is 92.5 Å². The van der Waals surface area contributed by atoms with Crippen molar-refractivity contribution >= 4 is 17.3 Å². The number of anilines is 2.